The Labute approximate surface area is 189 Å². The van der Waals surface area contributed by atoms with Gasteiger partial charge < -0.3 is 14.5 Å². The number of hydrogen-bond donors (Lipinski definition) is 1. The lowest BCUT2D eigenvalue weighted by Crippen LogP contribution is -2.37. The molecular formula is C22H29N5O4S. The van der Waals surface area contributed by atoms with Crippen LogP contribution in [0.4, 0.5) is 5.88 Å². The number of ether oxygens (including phenoxy) is 1. The van der Waals surface area contributed by atoms with Crippen molar-refractivity contribution in [3.8, 4) is 17.5 Å². The first-order valence-corrected chi connectivity index (χ1v) is 12.6. The average molecular weight is 460 g/mol. The third kappa shape index (κ3) is 5.30. The summed E-state index contributed by atoms with van der Waals surface area (Å²) in [4.78, 5) is 6.88. The minimum absolute atomic E-state index is 0.191. The molecule has 2 aliphatic rings. The molecule has 1 aromatic carbocycles. The number of benzene rings is 1. The van der Waals surface area contributed by atoms with Crippen molar-refractivity contribution in [3.05, 3.63) is 30.0 Å². The Balaban J connectivity index is 1.39. The lowest BCUT2D eigenvalue weighted by atomic mass is 10.2. The number of sulfonamides is 1. The minimum atomic E-state index is -3.49. The Kier molecular flexibility index (Phi) is 7.42. The van der Waals surface area contributed by atoms with Crippen LogP contribution >= 0.6 is 0 Å². The molecule has 2 fully saturated rings. The van der Waals surface area contributed by atoms with Crippen molar-refractivity contribution in [1.29, 1.82) is 5.26 Å². The van der Waals surface area contributed by atoms with Crippen molar-refractivity contribution < 1.29 is 17.6 Å². The maximum absolute atomic E-state index is 12.8. The van der Waals surface area contributed by atoms with Crippen LogP contribution in [0.1, 0.15) is 31.4 Å². The van der Waals surface area contributed by atoms with Crippen LogP contribution in [0, 0.1) is 11.3 Å². The molecule has 32 heavy (non-hydrogen) atoms. The molecule has 2 saturated heterocycles. The first kappa shape index (κ1) is 22.7. The molecule has 2 aromatic rings. The van der Waals surface area contributed by atoms with Gasteiger partial charge in [-0.05, 0) is 50.1 Å². The Morgan fingerprint density at radius 1 is 1.06 bits per heavy atom. The summed E-state index contributed by atoms with van der Waals surface area (Å²) in [6.07, 6.45) is 3.77. The zero-order chi connectivity index (χ0) is 22.4. The molecule has 0 radical (unpaired) electrons. The van der Waals surface area contributed by atoms with E-state index in [1.54, 1.807) is 28.6 Å². The standard InChI is InChI=1S/C22H29N5O4S/c23-17-20-22(24-9-4-10-26-13-15-30-16-14-26)31-21(25-20)18-5-7-19(8-6-18)32(28,29)27-11-2-1-3-12-27/h5-8,24H,1-4,9-16H2. The van der Waals surface area contributed by atoms with Crippen molar-refractivity contribution in [1.82, 2.24) is 14.2 Å². The van der Waals surface area contributed by atoms with Crippen LogP contribution in [0.25, 0.3) is 11.5 Å². The first-order chi connectivity index (χ1) is 15.6. The van der Waals surface area contributed by atoms with Crippen LogP contribution < -0.4 is 5.32 Å². The van der Waals surface area contributed by atoms with Gasteiger partial charge in [-0.25, -0.2) is 8.42 Å². The number of oxazole rings is 1. The Hall–Kier alpha value is -2.45. The van der Waals surface area contributed by atoms with Crippen LogP contribution in [0.15, 0.2) is 33.6 Å². The fourth-order valence-corrected chi connectivity index (χ4v) is 5.51. The number of anilines is 1. The van der Waals surface area contributed by atoms with Crippen molar-refractivity contribution >= 4 is 15.9 Å². The van der Waals surface area contributed by atoms with Gasteiger partial charge in [-0.3, -0.25) is 4.90 Å². The lowest BCUT2D eigenvalue weighted by molar-refractivity contribution is 0.0378. The van der Waals surface area contributed by atoms with Gasteiger partial charge in [0.1, 0.15) is 6.07 Å². The van der Waals surface area contributed by atoms with E-state index in [2.05, 4.69) is 21.3 Å². The van der Waals surface area contributed by atoms with Crippen molar-refractivity contribution in [3.63, 3.8) is 0 Å². The molecule has 0 amide bonds. The van der Waals surface area contributed by atoms with Gasteiger partial charge in [-0.2, -0.15) is 14.6 Å². The summed E-state index contributed by atoms with van der Waals surface area (Å²) in [5.74, 6) is 0.633. The number of nitrogens with one attached hydrogen (secondary N) is 1. The summed E-state index contributed by atoms with van der Waals surface area (Å²) in [7, 11) is -3.49. The summed E-state index contributed by atoms with van der Waals surface area (Å²) in [5.41, 5.74) is 0.817. The predicted octanol–water partition coefficient (Wildman–Crippen LogP) is 2.52. The van der Waals surface area contributed by atoms with Gasteiger partial charge in [0.25, 0.3) is 0 Å². The molecule has 0 atom stereocenters. The minimum Gasteiger partial charge on any atom is -0.419 e. The van der Waals surface area contributed by atoms with E-state index in [0.717, 1.165) is 58.5 Å². The number of piperidine rings is 1. The third-order valence-electron chi connectivity index (χ3n) is 5.83. The van der Waals surface area contributed by atoms with Gasteiger partial charge in [-0.15, -0.1) is 0 Å². The molecule has 4 rings (SSSR count). The third-order valence-corrected chi connectivity index (χ3v) is 7.74. The van der Waals surface area contributed by atoms with Gasteiger partial charge in [0.05, 0.1) is 18.1 Å². The van der Waals surface area contributed by atoms with E-state index in [0.29, 0.717) is 37.0 Å². The summed E-state index contributed by atoms with van der Waals surface area (Å²) in [6.45, 7) is 6.18. The number of aromatic nitrogens is 1. The van der Waals surface area contributed by atoms with Gasteiger partial charge in [0, 0.05) is 38.3 Å². The fraction of sp³-hybridized carbons (Fsp3) is 0.545. The number of nitrogens with zero attached hydrogens (tertiary/aromatic N) is 4. The second-order valence-corrected chi connectivity index (χ2v) is 9.97. The highest BCUT2D eigenvalue weighted by atomic mass is 32.2. The van der Waals surface area contributed by atoms with E-state index in [-0.39, 0.29) is 10.6 Å². The van der Waals surface area contributed by atoms with E-state index >= 15 is 0 Å². The molecule has 10 heteroatoms. The van der Waals surface area contributed by atoms with Gasteiger partial charge in [0.15, 0.2) is 0 Å². The lowest BCUT2D eigenvalue weighted by Gasteiger charge is -2.26. The van der Waals surface area contributed by atoms with Crippen molar-refractivity contribution in [2.45, 2.75) is 30.6 Å². The first-order valence-electron chi connectivity index (χ1n) is 11.1. The molecule has 0 spiro atoms. The molecule has 1 aromatic heterocycles. The highest BCUT2D eigenvalue weighted by Crippen LogP contribution is 2.27. The molecule has 0 bridgehead atoms. The molecule has 2 aliphatic heterocycles. The Bertz CT molecular complexity index is 1030. The highest BCUT2D eigenvalue weighted by Gasteiger charge is 2.26. The van der Waals surface area contributed by atoms with Gasteiger partial charge in [-0.1, -0.05) is 6.42 Å². The smallest absolute Gasteiger partial charge is 0.243 e. The van der Waals surface area contributed by atoms with Crippen LogP contribution in [0.3, 0.4) is 0 Å². The van der Waals surface area contributed by atoms with E-state index in [1.807, 2.05) is 0 Å². The molecule has 0 aliphatic carbocycles. The molecule has 1 N–H and O–H groups in total. The molecular weight excluding hydrogens is 430 g/mol. The van der Waals surface area contributed by atoms with Crippen molar-refractivity contribution in [2.24, 2.45) is 0 Å². The maximum atomic E-state index is 12.8. The zero-order valence-electron chi connectivity index (χ0n) is 18.1. The zero-order valence-corrected chi connectivity index (χ0v) is 18.9. The van der Waals surface area contributed by atoms with Crippen LogP contribution in [-0.2, 0) is 14.8 Å². The molecule has 0 unspecified atom stereocenters. The molecule has 3 heterocycles. The summed E-state index contributed by atoms with van der Waals surface area (Å²) < 4.78 is 38.3. The second-order valence-electron chi connectivity index (χ2n) is 8.03. The molecule has 172 valence electrons. The summed E-state index contributed by atoms with van der Waals surface area (Å²) >= 11 is 0. The van der Waals surface area contributed by atoms with E-state index in [9.17, 15) is 13.7 Å². The Morgan fingerprint density at radius 3 is 2.47 bits per heavy atom. The highest BCUT2D eigenvalue weighted by molar-refractivity contribution is 7.89. The quantitative estimate of drug-likeness (QED) is 0.600. The summed E-state index contributed by atoms with van der Waals surface area (Å²) in [6, 6.07) is 8.55. The number of morpholine rings is 1. The van der Waals surface area contributed by atoms with Crippen LogP contribution in [-0.4, -0.2) is 75.1 Å². The van der Waals surface area contributed by atoms with E-state index in [4.69, 9.17) is 9.15 Å². The number of nitriles is 1. The van der Waals surface area contributed by atoms with Crippen LogP contribution in [0.2, 0.25) is 0 Å². The SMILES string of the molecule is N#Cc1nc(-c2ccc(S(=O)(=O)N3CCCCC3)cc2)oc1NCCCN1CCOCC1. The monoisotopic (exact) mass is 459 g/mol. The topological polar surface area (TPSA) is 112 Å². The largest absolute Gasteiger partial charge is 0.419 e. The Morgan fingerprint density at radius 2 is 1.78 bits per heavy atom. The van der Waals surface area contributed by atoms with E-state index < -0.39 is 10.0 Å². The van der Waals surface area contributed by atoms with Crippen LogP contribution in [0.5, 0.6) is 0 Å². The van der Waals surface area contributed by atoms with Gasteiger partial charge in [0.2, 0.25) is 27.5 Å². The average Bonchev–Trinajstić information content (AvgIpc) is 3.26. The van der Waals surface area contributed by atoms with Crippen molar-refractivity contribution in [2.75, 3.05) is 57.8 Å². The fourth-order valence-electron chi connectivity index (χ4n) is 3.99. The predicted molar refractivity (Wildman–Crippen MR) is 120 cm³/mol. The molecule has 0 saturated carbocycles. The molecule has 9 nitrogen and oxygen atoms in total. The number of hydrogen-bond acceptors (Lipinski definition) is 8. The van der Waals surface area contributed by atoms with Gasteiger partial charge >= 0.3 is 0 Å². The van der Waals surface area contributed by atoms with E-state index in [1.165, 1.54) is 0 Å². The maximum Gasteiger partial charge on any atom is 0.243 e. The second kappa shape index (κ2) is 10.4. The number of rotatable bonds is 8. The summed E-state index contributed by atoms with van der Waals surface area (Å²) in [5, 5.41) is 12.6. The normalized spacial score (nSPS) is 18.3.